The molecule has 1 fully saturated rings. The molecular weight excluding hydrogens is 212 g/mol. The Balaban J connectivity index is 2.10. The molecule has 1 aliphatic rings. The third-order valence-electron chi connectivity index (χ3n) is 2.35. The smallest absolute Gasteiger partial charge is 0.186 e. The summed E-state index contributed by atoms with van der Waals surface area (Å²) < 4.78 is 5.55. The second kappa shape index (κ2) is 4.72. The lowest BCUT2D eigenvalue weighted by Gasteiger charge is -2.20. The van der Waals surface area contributed by atoms with E-state index in [2.05, 4.69) is 16.8 Å². The molecule has 1 saturated heterocycles. The van der Waals surface area contributed by atoms with E-state index >= 15 is 0 Å². The van der Waals surface area contributed by atoms with Crippen molar-refractivity contribution in [2.24, 2.45) is 0 Å². The van der Waals surface area contributed by atoms with E-state index in [4.69, 9.17) is 4.74 Å². The molecule has 2 rings (SSSR count). The number of thiazole rings is 1. The van der Waals surface area contributed by atoms with Crippen molar-refractivity contribution in [1.82, 2.24) is 4.98 Å². The van der Waals surface area contributed by atoms with Gasteiger partial charge in [-0.3, -0.25) is 4.79 Å². The van der Waals surface area contributed by atoms with Gasteiger partial charge in [-0.2, -0.15) is 0 Å². The number of hydrogen-bond donors (Lipinski definition) is 0. The van der Waals surface area contributed by atoms with Gasteiger partial charge < -0.3 is 9.64 Å². The Morgan fingerprint density at radius 1 is 1.73 bits per heavy atom. The van der Waals surface area contributed by atoms with Gasteiger partial charge in [0.05, 0.1) is 17.2 Å². The molecular formula is C10H14N2O2S. The molecule has 82 valence electrons. The van der Waals surface area contributed by atoms with Crippen LogP contribution in [0.15, 0.2) is 6.20 Å². The summed E-state index contributed by atoms with van der Waals surface area (Å²) in [7, 11) is 0. The molecule has 0 spiro atoms. The Bertz CT molecular complexity index is 340. The van der Waals surface area contributed by atoms with E-state index in [9.17, 15) is 4.79 Å². The molecule has 0 N–H and O–H groups in total. The number of ether oxygens (including phenoxy) is 1. The summed E-state index contributed by atoms with van der Waals surface area (Å²) in [5.41, 5.74) is 0. The second-order valence-electron chi connectivity index (χ2n) is 3.64. The quantitative estimate of drug-likeness (QED) is 0.718. The van der Waals surface area contributed by atoms with Gasteiger partial charge in [0.25, 0.3) is 0 Å². The minimum atomic E-state index is 0.232. The van der Waals surface area contributed by atoms with Crippen LogP contribution in [0.5, 0.6) is 0 Å². The van der Waals surface area contributed by atoms with E-state index in [1.807, 2.05) is 0 Å². The molecule has 0 aromatic carbocycles. The van der Waals surface area contributed by atoms with Crippen molar-refractivity contribution in [2.75, 3.05) is 24.6 Å². The molecule has 1 aromatic heterocycles. The van der Waals surface area contributed by atoms with Crippen LogP contribution in [-0.2, 0) is 4.74 Å². The number of carbonyl (C=O) groups is 1. The van der Waals surface area contributed by atoms with E-state index in [0.717, 1.165) is 37.5 Å². The lowest BCUT2D eigenvalue weighted by molar-refractivity contribution is 0.0821. The number of carbonyl (C=O) groups excluding carboxylic acids is 1. The van der Waals surface area contributed by atoms with Crippen LogP contribution in [0, 0.1) is 0 Å². The van der Waals surface area contributed by atoms with Crippen molar-refractivity contribution < 1.29 is 9.53 Å². The first-order chi connectivity index (χ1) is 7.29. The zero-order valence-corrected chi connectivity index (χ0v) is 9.50. The largest absolute Gasteiger partial charge is 0.377 e. The molecule has 5 heteroatoms. The first-order valence-corrected chi connectivity index (χ1v) is 5.89. The predicted octanol–water partition coefficient (Wildman–Crippen LogP) is 1.57. The Hall–Kier alpha value is -0.940. The van der Waals surface area contributed by atoms with Crippen LogP contribution in [0.25, 0.3) is 0 Å². The van der Waals surface area contributed by atoms with Gasteiger partial charge in [-0.25, -0.2) is 4.98 Å². The normalized spacial score (nSPS) is 22.5. The Labute approximate surface area is 92.9 Å². The highest BCUT2D eigenvalue weighted by Gasteiger charge is 2.17. The SMILES string of the molecule is CC1CN(c2ncc(C=O)s2)CCCO1. The van der Waals surface area contributed by atoms with Crippen LogP contribution < -0.4 is 4.90 Å². The topological polar surface area (TPSA) is 42.4 Å². The summed E-state index contributed by atoms with van der Waals surface area (Å²) in [6.45, 7) is 4.68. The van der Waals surface area contributed by atoms with Gasteiger partial charge >= 0.3 is 0 Å². The van der Waals surface area contributed by atoms with Crippen molar-refractivity contribution in [3.8, 4) is 0 Å². The fourth-order valence-corrected chi connectivity index (χ4v) is 2.41. The van der Waals surface area contributed by atoms with Crippen molar-refractivity contribution in [3.05, 3.63) is 11.1 Å². The molecule has 0 saturated carbocycles. The van der Waals surface area contributed by atoms with Gasteiger partial charge in [0.2, 0.25) is 0 Å². The summed E-state index contributed by atoms with van der Waals surface area (Å²) >= 11 is 1.44. The molecule has 2 heterocycles. The molecule has 1 atom stereocenters. The average molecular weight is 226 g/mol. The molecule has 0 amide bonds. The number of anilines is 1. The number of aromatic nitrogens is 1. The van der Waals surface area contributed by atoms with Gasteiger partial charge in [-0.05, 0) is 13.3 Å². The molecule has 0 bridgehead atoms. The van der Waals surface area contributed by atoms with Crippen LogP contribution >= 0.6 is 11.3 Å². The second-order valence-corrected chi connectivity index (χ2v) is 4.68. The predicted molar refractivity (Wildman–Crippen MR) is 59.7 cm³/mol. The summed E-state index contributed by atoms with van der Waals surface area (Å²) in [5, 5.41) is 0.925. The number of aldehydes is 1. The number of hydrogen-bond acceptors (Lipinski definition) is 5. The monoisotopic (exact) mass is 226 g/mol. The minimum absolute atomic E-state index is 0.232. The van der Waals surface area contributed by atoms with Crippen LogP contribution in [0.1, 0.15) is 23.0 Å². The van der Waals surface area contributed by atoms with Gasteiger partial charge in [-0.15, -0.1) is 0 Å². The zero-order chi connectivity index (χ0) is 10.7. The first kappa shape index (κ1) is 10.6. The van der Waals surface area contributed by atoms with Crippen LogP contribution in [0.2, 0.25) is 0 Å². The summed E-state index contributed by atoms with van der Waals surface area (Å²) in [5.74, 6) is 0. The fraction of sp³-hybridized carbons (Fsp3) is 0.600. The highest BCUT2D eigenvalue weighted by molar-refractivity contribution is 7.17. The van der Waals surface area contributed by atoms with Crippen molar-refractivity contribution in [1.29, 1.82) is 0 Å². The molecule has 1 aromatic rings. The molecule has 15 heavy (non-hydrogen) atoms. The third kappa shape index (κ3) is 2.54. The van der Waals surface area contributed by atoms with Crippen molar-refractivity contribution in [3.63, 3.8) is 0 Å². The maximum absolute atomic E-state index is 10.6. The van der Waals surface area contributed by atoms with E-state index in [-0.39, 0.29) is 6.10 Å². The zero-order valence-electron chi connectivity index (χ0n) is 8.68. The Kier molecular flexibility index (Phi) is 3.33. The van der Waals surface area contributed by atoms with Crippen molar-refractivity contribution >= 4 is 22.8 Å². The third-order valence-corrected chi connectivity index (χ3v) is 3.33. The first-order valence-electron chi connectivity index (χ1n) is 5.07. The molecule has 0 radical (unpaired) electrons. The Morgan fingerprint density at radius 2 is 2.60 bits per heavy atom. The summed E-state index contributed by atoms with van der Waals surface area (Å²) in [6, 6.07) is 0. The number of nitrogens with zero attached hydrogens (tertiary/aromatic N) is 2. The minimum Gasteiger partial charge on any atom is -0.377 e. The standard InChI is InChI=1S/C10H14N2O2S/c1-8-6-12(3-2-4-14-8)10-11-5-9(7-13)15-10/h5,7-8H,2-4,6H2,1H3. The Morgan fingerprint density at radius 3 is 3.33 bits per heavy atom. The summed E-state index contributed by atoms with van der Waals surface area (Å²) in [4.78, 5) is 17.7. The van der Waals surface area contributed by atoms with Crippen LogP contribution in [0.4, 0.5) is 5.13 Å². The average Bonchev–Trinajstić information content (AvgIpc) is 2.61. The lowest BCUT2D eigenvalue weighted by Crippen LogP contribution is -2.29. The van der Waals surface area contributed by atoms with E-state index < -0.39 is 0 Å². The highest BCUT2D eigenvalue weighted by Crippen LogP contribution is 2.23. The van der Waals surface area contributed by atoms with Gasteiger partial charge in [0, 0.05) is 19.7 Å². The summed E-state index contributed by atoms with van der Waals surface area (Å²) in [6.07, 6.45) is 3.72. The van der Waals surface area contributed by atoms with Gasteiger partial charge in [-0.1, -0.05) is 11.3 Å². The van der Waals surface area contributed by atoms with E-state index in [1.165, 1.54) is 11.3 Å². The molecule has 0 aliphatic carbocycles. The molecule has 1 aliphatic heterocycles. The highest BCUT2D eigenvalue weighted by atomic mass is 32.1. The van der Waals surface area contributed by atoms with Gasteiger partial charge in [0.15, 0.2) is 11.4 Å². The van der Waals surface area contributed by atoms with Crippen molar-refractivity contribution in [2.45, 2.75) is 19.4 Å². The van der Waals surface area contributed by atoms with Gasteiger partial charge in [0.1, 0.15) is 0 Å². The van der Waals surface area contributed by atoms with E-state index in [1.54, 1.807) is 6.20 Å². The van der Waals surface area contributed by atoms with Crippen LogP contribution in [-0.4, -0.2) is 37.1 Å². The van der Waals surface area contributed by atoms with E-state index in [0.29, 0.717) is 4.88 Å². The molecule has 4 nitrogen and oxygen atoms in total. The van der Waals surface area contributed by atoms with Crippen LogP contribution in [0.3, 0.4) is 0 Å². The maximum atomic E-state index is 10.6. The fourth-order valence-electron chi connectivity index (χ4n) is 1.65. The number of rotatable bonds is 2. The molecule has 1 unspecified atom stereocenters. The maximum Gasteiger partial charge on any atom is 0.186 e. The lowest BCUT2D eigenvalue weighted by atomic mass is 10.4.